The van der Waals surface area contributed by atoms with Gasteiger partial charge >= 0.3 is 0 Å². The molecule has 0 radical (unpaired) electrons. The van der Waals surface area contributed by atoms with Gasteiger partial charge in [-0.1, -0.05) is 5.16 Å². The Bertz CT molecular complexity index is 1110. The van der Waals surface area contributed by atoms with Crippen LogP contribution in [0.3, 0.4) is 0 Å². The van der Waals surface area contributed by atoms with Gasteiger partial charge in [-0.3, -0.25) is 10.1 Å². The van der Waals surface area contributed by atoms with Gasteiger partial charge in [-0.25, -0.2) is 4.98 Å². The molecule has 0 fully saturated rings. The fraction of sp³-hybridized carbons (Fsp3) is 0.211. The summed E-state index contributed by atoms with van der Waals surface area (Å²) in [5.74, 6) is 3.52. The topological polar surface area (TPSA) is 136 Å². The van der Waals surface area contributed by atoms with Crippen LogP contribution in [0.25, 0.3) is 0 Å². The van der Waals surface area contributed by atoms with Crippen LogP contribution in [-0.4, -0.2) is 37.4 Å². The molecule has 0 aliphatic rings. The second kappa shape index (κ2) is 8.90. The Labute approximate surface area is 171 Å². The van der Waals surface area contributed by atoms with Crippen LogP contribution in [0.2, 0.25) is 0 Å². The van der Waals surface area contributed by atoms with Gasteiger partial charge < -0.3 is 24.6 Å². The van der Waals surface area contributed by atoms with E-state index in [0.717, 1.165) is 17.1 Å². The standard InChI is InChI=1S/C19H20N8O3/c1-12-7-15(30-27-12)10-22-19-21-6-4-16(24-19)23-17-9-18(26-25-17)29-11-13-8-14(28-2)3-5-20-13/h3-9H,10-11H2,1-2H3,(H3,21,22,23,24,25,26). The Kier molecular flexibility index (Phi) is 5.69. The van der Waals surface area contributed by atoms with E-state index >= 15 is 0 Å². The van der Waals surface area contributed by atoms with E-state index in [1.165, 1.54) is 0 Å². The maximum atomic E-state index is 5.66. The van der Waals surface area contributed by atoms with Crippen LogP contribution >= 0.6 is 0 Å². The van der Waals surface area contributed by atoms with Crippen molar-refractivity contribution >= 4 is 17.6 Å². The fourth-order valence-electron chi connectivity index (χ4n) is 2.57. The zero-order valence-electron chi connectivity index (χ0n) is 16.4. The molecule has 0 aliphatic heterocycles. The van der Waals surface area contributed by atoms with Crippen molar-refractivity contribution in [2.24, 2.45) is 0 Å². The maximum absolute atomic E-state index is 5.66. The molecule has 0 unspecified atom stereocenters. The first-order valence-electron chi connectivity index (χ1n) is 9.11. The number of pyridine rings is 1. The first-order valence-corrected chi connectivity index (χ1v) is 9.11. The van der Waals surface area contributed by atoms with E-state index in [-0.39, 0.29) is 6.61 Å². The molecule has 4 aromatic heterocycles. The molecule has 0 amide bonds. The van der Waals surface area contributed by atoms with Crippen LogP contribution in [-0.2, 0) is 13.2 Å². The third-order valence-corrected chi connectivity index (χ3v) is 3.96. The van der Waals surface area contributed by atoms with Crippen molar-refractivity contribution in [1.82, 2.24) is 30.3 Å². The molecule has 154 valence electrons. The fourth-order valence-corrected chi connectivity index (χ4v) is 2.57. The Hall–Kier alpha value is -4.15. The summed E-state index contributed by atoms with van der Waals surface area (Å²) in [5.41, 5.74) is 1.56. The zero-order valence-corrected chi connectivity index (χ0v) is 16.4. The normalized spacial score (nSPS) is 10.6. The van der Waals surface area contributed by atoms with Gasteiger partial charge in [0.15, 0.2) is 5.76 Å². The highest BCUT2D eigenvalue weighted by atomic mass is 16.5. The van der Waals surface area contributed by atoms with E-state index in [4.69, 9.17) is 14.0 Å². The summed E-state index contributed by atoms with van der Waals surface area (Å²) in [5, 5.41) is 17.0. The number of rotatable bonds is 9. The summed E-state index contributed by atoms with van der Waals surface area (Å²) in [6, 6.07) is 8.90. The maximum Gasteiger partial charge on any atom is 0.235 e. The second-order valence-electron chi connectivity index (χ2n) is 6.27. The molecule has 0 saturated heterocycles. The minimum absolute atomic E-state index is 0.268. The van der Waals surface area contributed by atoms with Crippen molar-refractivity contribution in [2.75, 3.05) is 17.7 Å². The number of hydrogen-bond acceptors (Lipinski definition) is 10. The smallest absolute Gasteiger partial charge is 0.235 e. The van der Waals surface area contributed by atoms with Crippen molar-refractivity contribution in [3.63, 3.8) is 0 Å². The zero-order chi connectivity index (χ0) is 20.8. The highest BCUT2D eigenvalue weighted by Gasteiger charge is 2.07. The SMILES string of the molecule is COc1ccnc(COc2cc(Nc3ccnc(NCc4cc(C)no4)n3)[nH]n2)c1. The number of methoxy groups -OCH3 is 1. The van der Waals surface area contributed by atoms with Crippen LogP contribution in [0.4, 0.5) is 17.6 Å². The van der Waals surface area contributed by atoms with Gasteiger partial charge in [-0.05, 0) is 19.1 Å². The van der Waals surface area contributed by atoms with E-state index in [1.807, 2.05) is 13.0 Å². The van der Waals surface area contributed by atoms with Gasteiger partial charge in [0.25, 0.3) is 0 Å². The lowest BCUT2D eigenvalue weighted by Crippen LogP contribution is -2.04. The number of ether oxygens (including phenoxy) is 2. The number of nitrogens with one attached hydrogen (secondary N) is 3. The van der Waals surface area contributed by atoms with E-state index in [9.17, 15) is 0 Å². The van der Waals surface area contributed by atoms with Gasteiger partial charge in [-0.15, -0.1) is 5.10 Å². The molecule has 4 heterocycles. The molecule has 4 aromatic rings. The molecule has 0 aliphatic carbocycles. The van der Waals surface area contributed by atoms with Crippen molar-refractivity contribution < 1.29 is 14.0 Å². The predicted octanol–water partition coefficient (Wildman–Crippen LogP) is 2.83. The average molecular weight is 408 g/mol. The monoisotopic (exact) mass is 408 g/mol. The van der Waals surface area contributed by atoms with Gasteiger partial charge in [0, 0.05) is 30.6 Å². The molecule has 11 nitrogen and oxygen atoms in total. The largest absolute Gasteiger partial charge is 0.497 e. The van der Waals surface area contributed by atoms with E-state index in [2.05, 4.69) is 40.9 Å². The number of hydrogen-bond donors (Lipinski definition) is 3. The van der Waals surface area contributed by atoms with E-state index < -0.39 is 0 Å². The average Bonchev–Trinajstić information content (AvgIpc) is 3.40. The number of H-pyrrole nitrogens is 1. The molecule has 0 aromatic carbocycles. The Morgan fingerprint density at radius 2 is 2.03 bits per heavy atom. The highest BCUT2D eigenvalue weighted by Crippen LogP contribution is 2.19. The molecule has 0 spiro atoms. The molecule has 30 heavy (non-hydrogen) atoms. The number of aryl methyl sites for hydroxylation is 1. The molecule has 11 heteroatoms. The van der Waals surface area contributed by atoms with E-state index in [1.54, 1.807) is 43.8 Å². The van der Waals surface area contributed by atoms with Crippen LogP contribution in [0.1, 0.15) is 17.1 Å². The first-order chi connectivity index (χ1) is 14.7. The van der Waals surface area contributed by atoms with Gasteiger partial charge in [0.1, 0.15) is 24.0 Å². The van der Waals surface area contributed by atoms with Gasteiger partial charge in [0.05, 0.1) is 25.0 Å². The van der Waals surface area contributed by atoms with Crippen molar-refractivity contribution in [3.8, 4) is 11.6 Å². The molecule has 3 N–H and O–H groups in total. The third-order valence-electron chi connectivity index (χ3n) is 3.96. The summed E-state index contributed by atoms with van der Waals surface area (Å²) in [4.78, 5) is 12.8. The minimum Gasteiger partial charge on any atom is -0.497 e. The lowest BCUT2D eigenvalue weighted by molar-refractivity contribution is 0.288. The highest BCUT2D eigenvalue weighted by molar-refractivity contribution is 5.53. The number of aromatic nitrogens is 6. The molecular weight excluding hydrogens is 388 g/mol. The summed E-state index contributed by atoms with van der Waals surface area (Å²) < 4.78 is 16.0. The van der Waals surface area contributed by atoms with E-state index in [0.29, 0.717) is 35.8 Å². The Balaban J connectivity index is 1.32. The third kappa shape index (κ3) is 5.01. The van der Waals surface area contributed by atoms with Crippen LogP contribution in [0, 0.1) is 6.92 Å². The second-order valence-corrected chi connectivity index (χ2v) is 6.27. The van der Waals surface area contributed by atoms with Gasteiger partial charge in [0.2, 0.25) is 11.8 Å². The lowest BCUT2D eigenvalue weighted by Gasteiger charge is -2.05. The molecular formula is C19H20N8O3. The number of nitrogens with zero attached hydrogens (tertiary/aromatic N) is 5. The molecule has 0 saturated carbocycles. The lowest BCUT2D eigenvalue weighted by atomic mass is 10.3. The molecule has 0 bridgehead atoms. The summed E-state index contributed by atoms with van der Waals surface area (Å²) in [7, 11) is 1.61. The summed E-state index contributed by atoms with van der Waals surface area (Å²) in [6.45, 7) is 2.57. The quantitative estimate of drug-likeness (QED) is 0.379. The Morgan fingerprint density at radius 1 is 1.13 bits per heavy atom. The van der Waals surface area contributed by atoms with Crippen LogP contribution in [0.5, 0.6) is 11.6 Å². The molecule has 0 atom stereocenters. The number of anilines is 3. The van der Waals surface area contributed by atoms with Crippen molar-refractivity contribution in [1.29, 1.82) is 0 Å². The summed E-state index contributed by atoms with van der Waals surface area (Å²) in [6.07, 6.45) is 3.31. The number of aromatic amines is 1. The van der Waals surface area contributed by atoms with Crippen molar-refractivity contribution in [2.45, 2.75) is 20.1 Å². The van der Waals surface area contributed by atoms with Crippen LogP contribution < -0.4 is 20.1 Å². The minimum atomic E-state index is 0.268. The first kappa shape index (κ1) is 19.2. The van der Waals surface area contributed by atoms with Crippen molar-refractivity contribution in [3.05, 3.63) is 59.9 Å². The predicted molar refractivity (Wildman–Crippen MR) is 108 cm³/mol. The van der Waals surface area contributed by atoms with Crippen LogP contribution in [0.15, 0.2) is 47.2 Å². The molecule has 4 rings (SSSR count). The Morgan fingerprint density at radius 3 is 2.87 bits per heavy atom. The summed E-state index contributed by atoms with van der Waals surface area (Å²) >= 11 is 0. The van der Waals surface area contributed by atoms with Gasteiger partial charge in [-0.2, -0.15) is 4.98 Å².